The molecule has 0 bridgehead atoms. The van der Waals surface area contributed by atoms with Gasteiger partial charge in [-0.3, -0.25) is 19.3 Å². The number of hydrogen-bond donors (Lipinski definition) is 0. The number of ketones is 6. The Morgan fingerprint density at radius 2 is 0.397 bits per heavy atom. The van der Waals surface area contributed by atoms with E-state index in [4.69, 9.17) is 0 Å². The minimum absolute atomic E-state index is 0. The van der Waals surface area contributed by atoms with Gasteiger partial charge in [0.05, 0.1) is 17.3 Å². The number of carbonyl (C=O) groups is 6. The number of carbonyl (C=O) groups excluding carboxylic acids is 6. The molecule has 28 heteroatoms. The summed E-state index contributed by atoms with van der Waals surface area (Å²) in [5, 5.41) is 0. The maximum absolute atomic E-state index is 12.8. The van der Waals surface area contributed by atoms with Crippen LogP contribution in [-0.4, -0.2) is 88.8 Å². The molecule has 1 radical (unpaired) electrons. The van der Waals surface area contributed by atoms with Gasteiger partial charge in [0, 0.05) is 17.3 Å². The maximum Gasteiger partial charge on any atom is 3.00 e. The second-order valence-corrected chi connectivity index (χ2v) is 14.3. The summed E-state index contributed by atoms with van der Waals surface area (Å²) in [6, 6.07) is 0. The Kier molecular flexibility index (Phi) is 20.4. The van der Waals surface area contributed by atoms with Crippen molar-refractivity contribution in [2.75, 3.05) is 0 Å². The first kappa shape index (κ1) is 62.2. The fraction of sp³-hybridized carbons (Fsp3) is 0.700. The monoisotopic (exact) mass is 1040 g/mol. The van der Waals surface area contributed by atoms with Gasteiger partial charge in [0.25, 0.3) is 0 Å². The Morgan fingerprint density at radius 1 is 0.276 bits per heavy atom. The van der Waals surface area contributed by atoms with Crippen molar-refractivity contribution in [3.05, 3.63) is 19.3 Å². The van der Waals surface area contributed by atoms with E-state index in [1.165, 1.54) is 62.3 Å². The molecule has 0 aromatic heterocycles. The van der Waals surface area contributed by atoms with Gasteiger partial charge in [0.1, 0.15) is 0 Å². The smallest absolute Gasteiger partial charge is 0.333 e. The zero-order valence-electron chi connectivity index (χ0n) is 30.5. The van der Waals surface area contributed by atoms with Gasteiger partial charge in [-0.1, -0.05) is 62.3 Å². The van der Waals surface area contributed by atoms with Crippen LogP contribution in [0.25, 0.3) is 0 Å². The van der Waals surface area contributed by atoms with Crippen LogP contribution in [0.15, 0.2) is 0 Å². The summed E-state index contributed by atoms with van der Waals surface area (Å²) in [4.78, 5) is 65.9. The second-order valence-electron chi connectivity index (χ2n) is 14.3. The summed E-state index contributed by atoms with van der Waals surface area (Å²) < 4.78 is 258. The van der Waals surface area contributed by atoms with Crippen LogP contribution in [0.2, 0.25) is 0 Å². The summed E-state index contributed by atoms with van der Waals surface area (Å²) in [5.74, 6) is -50.2. The molecule has 0 heterocycles. The molecule has 0 spiro atoms. The van der Waals surface area contributed by atoms with Gasteiger partial charge in [-0.15, -0.1) is 0 Å². The molecule has 6 nitrogen and oxygen atoms in total. The predicted molar refractivity (Wildman–Crippen MR) is 149 cm³/mol. The summed E-state index contributed by atoms with van der Waals surface area (Å²) in [7, 11) is 0. The molecule has 0 aliphatic rings. The Balaban J connectivity index is -0.000000374. The fourth-order valence-electron chi connectivity index (χ4n) is 2.28. The zero-order chi connectivity index (χ0) is 47.6. The molecule has 0 saturated carbocycles. The van der Waals surface area contributed by atoms with E-state index in [0.717, 1.165) is 0 Å². The van der Waals surface area contributed by atoms with E-state index < -0.39 is 124 Å². The van der Waals surface area contributed by atoms with E-state index in [9.17, 15) is 121 Å². The van der Waals surface area contributed by atoms with E-state index in [0.29, 0.717) is 0 Å². The first-order valence-corrected chi connectivity index (χ1v) is 14.4. The molecular formula is C30H30F21O6Sm. The van der Waals surface area contributed by atoms with E-state index in [1.807, 2.05) is 0 Å². The van der Waals surface area contributed by atoms with Crippen LogP contribution < -0.4 is 0 Å². The minimum Gasteiger partial charge on any atom is -0.333 e. The molecule has 0 fully saturated rings. The van der Waals surface area contributed by atoms with Crippen molar-refractivity contribution in [3.63, 3.8) is 0 Å². The van der Waals surface area contributed by atoms with Crippen molar-refractivity contribution in [3.8, 4) is 0 Å². The average molecular weight is 1040 g/mol. The standard InChI is InChI=1S/3C10H10F7O2.Sm/c3*1-7(2,3)5(18)4-6(19)8(11,12)9(13,14)10(15,16)17;/h3*4H,1-3H3;/q3*-1;+3. The van der Waals surface area contributed by atoms with Gasteiger partial charge in [0.2, 0.25) is 0 Å². The molecule has 0 saturated heterocycles. The quantitative estimate of drug-likeness (QED) is 0.110. The van der Waals surface area contributed by atoms with Gasteiger partial charge in [0.15, 0.2) is 0 Å². The molecule has 339 valence electrons. The third kappa shape index (κ3) is 14.9. The van der Waals surface area contributed by atoms with E-state index in [-0.39, 0.29) is 40.4 Å². The van der Waals surface area contributed by atoms with Crippen molar-refractivity contribution in [2.24, 2.45) is 16.2 Å². The Bertz CT molecular complexity index is 1310. The van der Waals surface area contributed by atoms with Crippen LogP contribution >= 0.6 is 0 Å². The topological polar surface area (TPSA) is 102 Å². The second kappa shape index (κ2) is 19.0. The van der Waals surface area contributed by atoms with E-state index >= 15 is 0 Å². The Labute approximate surface area is 346 Å². The molecule has 0 aliphatic heterocycles. The van der Waals surface area contributed by atoms with E-state index in [1.54, 1.807) is 0 Å². The average Bonchev–Trinajstić information content (AvgIpc) is 2.93. The number of halogens is 21. The van der Waals surface area contributed by atoms with Crippen LogP contribution in [0.4, 0.5) is 92.2 Å². The van der Waals surface area contributed by atoms with Crippen molar-refractivity contribution < 1.29 is 161 Å². The SMILES string of the molecule is CC(C)(C)C(=O)[CH-]C(=O)C(F)(F)C(F)(F)C(F)(F)F.CC(C)(C)C(=O)[CH-]C(=O)C(F)(F)C(F)(F)C(F)(F)F.CC(C)(C)C(=O)[CH-]C(=O)C(F)(F)C(F)(F)C(F)(F)F.[Sm+3]. The molecule has 0 amide bonds. The molecular weight excluding hydrogens is 1010 g/mol. The van der Waals surface area contributed by atoms with Crippen molar-refractivity contribution in [1.82, 2.24) is 0 Å². The Hall–Kier alpha value is -2.50. The number of alkyl halides is 21. The number of hydrogen-bond acceptors (Lipinski definition) is 6. The predicted octanol–water partition coefficient (Wildman–Crippen LogP) is 9.62. The van der Waals surface area contributed by atoms with Crippen molar-refractivity contribution >= 4 is 34.7 Å². The van der Waals surface area contributed by atoms with Crippen LogP contribution in [0.5, 0.6) is 0 Å². The van der Waals surface area contributed by atoms with Gasteiger partial charge >= 0.3 is 94.5 Å². The van der Waals surface area contributed by atoms with Crippen molar-refractivity contribution in [1.29, 1.82) is 0 Å². The van der Waals surface area contributed by atoms with Crippen LogP contribution in [0, 0.1) is 75.9 Å². The van der Waals surface area contributed by atoms with Gasteiger partial charge < -0.3 is 28.8 Å². The fourth-order valence-corrected chi connectivity index (χ4v) is 2.28. The van der Waals surface area contributed by atoms with Crippen LogP contribution in [0.1, 0.15) is 62.3 Å². The molecule has 0 aliphatic carbocycles. The van der Waals surface area contributed by atoms with E-state index in [2.05, 4.69) is 0 Å². The zero-order valence-corrected chi connectivity index (χ0v) is 33.1. The normalized spacial score (nSPS) is 14.0. The molecule has 0 unspecified atom stereocenters. The molecule has 0 N–H and O–H groups in total. The summed E-state index contributed by atoms with van der Waals surface area (Å²) >= 11 is 0. The summed E-state index contributed by atoms with van der Waals surface area (Å²) in [5.41, 5.74) is -4.09. The largest absolute Gasteiger partial charge is 3.00 e. The minimum atomic E-state index is -6.61. The first-order valence-electron chi connectivity index (χ1n) is 14.4. The Morgan fingerprint density at radius 3 is 0.483 bits per heavy atom. The number of rotatable bonds is 12. The molecule has 0 aromatic carbocycles. The van der Waals surface area contributed by atoms with Gasteiger partial charge in [-0.2, -0.15) is 92.2 Å². The third-order valence-corrected chi connectivity index (χ3v) is 6.18. The van der Waals surface area contributed by atoms with Crippen molar-refractivity contribution in [2.45, 2.75) is 116 Å². The van der Waals surface area contributed by atoms with Crippen LogP contribution in [0.3, 0.4) is 0 Å². The maximum atomic E-state index is 12.8. The molecule has 0 rings (SSSR count). The van der Waals surface area contributed by atoms with Gasteiger partial charge in [-0.25, -0.2) is 0 Å². The molecule has 58 heavy (non-hydrogen) atoms. The van der Waals surface area contributed by atoms with Gasteiger partial charge in [-0.05, 0) is 16.2 Å². The summed E-state index contributed by atoms with van der Waals surface area (Å²) in [6.45, 7) is 10.6. The summed E-state index contributed by atoms with van der Waals surface area (Å²) in [6.07, 6.45) is -21.1. The molecule has 0 aromatic rings. The first-order chi connectivity index (χ1) is 24.1. The third-order valence-electron chi connectivity index (χ3n) is 6.18. The molecule has 0 atom stereocenters. The van der Waals surface area contributed by atoms with Crippen LogP contribution in [-0.2, 0) is 28.8 Å². The number of Topliss-reactive ketones (excluding diaryl/α,β-unsaturated/α-hetero) is 6.